The van der Waals surface area contributed by atoms with Crippen LogP contribution in [-0.4, -0.2) is 30.1 Å². The van der Waals surface area contributed by atoms with Crippen molar-refractivity contribution in [1.82, 2.24) is 5.32 Å². The molecule has 0 saturated heterocycles. The Hall–Kier alpha value is -1.75. The third-order valence-electron chi connectivity index (χ3n) is 2.59. The van der Waals surface area contributed by atoms with Crippen LogP contribution in [0.5, 0.6) is 0 Å². The van der Waals surface area contributed by atoms with Gasteiger partial charge >= 0.3 is 0 Å². The Balaban J connectivity index is 2.44. The van der Waals surface area contributed by atoms with E-state index in [0.29, 0.717) is 0 Å². The number of amides is 1. The summed E-state index contributed by atoms with van der Waals surface area (Å²) >= 11 is 0. The van der Waals surface area contributed by atoms with Crippen molar-refractivity contribution in [3.63, 3.8) is 0 Å². The number of hydrogen-bond donors (Lipinski definition) is 2. The lowest BCUT2D eigenvalue weighted by Gasteiger charge is -2.08. The van der Waals surface area contributed by atoms with Gasteiger partial charge in [0.25, 0.3) is 6.43 Å². The minimum Gasteiger partial charge on any atom is -0.385 e. The number of halogens is 2. The number of aliphatic hydroxyl groups is 1. The lowest BCUT2D eigenvalue weighted by molar-refractivity contribution is -0.117. The Morgan fingerprint density at radius 3 is 2.53 bits per heavy atom. The molecule has 3 nitrogen and oxygen atoms in total. The van der Waals surface area contributed by atoms with Gasteiger partial charge in [-0.15, -0.1) is 0 Å². The zero-order valence-electron chi connectivity index (χ0n) is 10.6. The Morgan fingerprint density at radius 2 is 2.00 bits per heavy atom. The van der Waals surface area contributed by atoms with Crippen molar-refractivity contribution in [2.45, 2.75) is 25.9 Å². The van der Waals surface area contributed by atoms with Gasteiger partial charge in [-0.05, 0) is 23.6 Å². The molecular formula is C14H17F2NO2. The average molecular weight is 269 g/mol. The van der Waals surface area contributed by atoms with E-state index in [0.717, 1.165) is 12.0 Å². The fraction of sp³-hybridized carbons (Fsp3) is 0.357. The molecule has 0 bridgehead atoms. The van der Waals surface area contributed by atoms with Gasteiger partial charge in [0.15, 0.2) is 0 Å². The van der Waals surface area contributed by atoms with Gasteiger partial charge in [0.05, 0.1) is 0 Å². The van der Waals surface area contributed by atoms with Crippen molar-refractivity contribution in [3.8, 4) is 0 Å². The zero-order chi connectivity index (χ0) is 14.3. The van der Waals surface area contributed by atoms with E-state index in [1.807, 2.05) is 31.2 Å². The second kappa shape index (κ2) is 7.63. The van der Waals surface area contributed by atoms with E-state index in [2.05, 4.69) is 5.32 Å². The summed E-state index contributed by atoms with van der Waals surface area (Å²) in [7, 11) is 0. The van der Waals surface area contributed by atoms with Gasteiger partial charge in [0.2, 0.25) is 5.91 Å². The first-order chi connectivity index (χ1) is 9.02. The van der Waals surface area contributed by atoms with Crippen LogP contribution in [0.2, 0.25) is 0 Å². The predicted molar refractivity (Wildman–Crippen MR) is 69.9 cm³/mol. The number of hydrogen-bond acceptors (Lipinski definition) is 2. The van der Waals surface area contributed by atoms with Gasteiger partial charge in [0.1, 0.15) is 6.10 Å². The van der Waals surface area contributed by atoms with Crippen LogP contribution in [0.4, 0.5) is 8.78 Å². The van der Waals surface area contributed by atoms with E-state index in [-0.39, 0.29) is 0 Å². The van der Waals surface area contributed by atoms with Crippen molar-refractivity contribution in [2.75, 3.05) is 6.54 Å². The summed E-state index contributed by atoms with van der Waals surface area (Å²) < 4.78 is 24.0. The highest BCUT2D eigenvalue weighted by Crippen LogP contribution is 2.06. The maximum absolute atomic E-state index is 12.0. The highest BCUT2D eigenvalue weighted by atomic mass is 19.3. The summed E-state index contributed by atoms with van der Waals surface area (Å²) in [5.74, 6) is -0.515. The number of rotatable bonds is 6. The molecule has 0 heterocycles. The molecule has 5 heteroatoms. The minimum atomic E-state index is -2.86. The van der Waals surface area contributed by atoms with Crippen molar-refractivity contribution in [2.24, 2.45) is 0 Å². The maximum atomic E-state index is 12.0. The van der Waals surface area contributed by atoms with Crippen molar-refractivity contribution < 1.29 is 18.7 Å². The number of benzene rings is 1. The molecule has 1 unspecified atom stereocenters. The van der Waals surface area contributed by atoms with Crippen LogP contribution in [0, 0.1) is 0 Å². The van der Waals surface area contributed by atoms with Gasteiger partial charge in [-0.2, -0.15) is 0 Å². The summed E-state index contributed by atoms with van der Waals surface area (Å²) in [5.41, 5.74) is 2.04. The summed E-state index contributed by atoms with van der Waals surface area (Å²) in [6.45, 7) is 1.59. The minimum absolute atomic E-state index is 0.463. The van der Waals surface area contributed by atoms with Crippen LogP contribution in [0.15, 0.2) is 30.3 Å². The number of nitrogens with one attached hydrogen (secondary N) is 1. The van der Waals surface area contributed by atoms with Crippen LogP contribution in [0.1, 0.15) is 18.1 Å². The first kappa shape index (κ1) is 15.3. The molecule has 0 aliphatic heterocycles. The molecule has 0 radical (unpaired) electrons. The van der Waals surface area contributed by atoms with Crippen molar-refractivity contribution >= 4 is 12.0 Å². The number of carbonyl (C=O) groups is 1. The normalized spacial score (nSPS) is 12.9. The topological polar surface area (TPSA) is 49.3 Å². The lowest BCUT2D eigenvalue weighted by atomic mass is 10.1. The summed E-state index contributed by atoms with van der Waals surface area (Å²) in [4.78, 5) is 11.3. The SMILES string of the molecule is CCc1ccc(/C=C/C(=O)NCC(O)C(F)F)cc1. The largest absolute Gasteiger partial charge is 0.385 e. The van der Waals surface area contributed by atoms with Crippen LogP contribution in [0.25, 0.3) is 6.08 Å². The van der Waals surface area contributed by atoms with E-state index in [1.165, 1.54) is 11.6 Å². The van der Waals surface area contributed by atoms with Gasteiger partial charge in [-0.3, -0.25) is 4.79 Å². The highest BCUT2D eigenvalue weighted by Gasteiger charge is 2.16. The quantitative estimate of drug-likeness (QED) is 0.776. The molecule has 2 N–H and O–H groups in total. The third kappa shape index (κ3) is 5.61. The zero-order valence-corrected chi connectivity index (χ0v) is 10.6. The van der Waals surface area contributed by atoms with Gasteiger partial charge in [-0.1, -0.05) is 31.2 Å². The monoisotopic (exact) mass is 269 g/mol. The van der Waals surface area contributed by atoms with E-state index >= 15 is 0 Å². The number of alkyl halides is 2. The molecule has 0 fully saturated rings. The van der Waals surface area contributed by atoms with Crippen LogP contribution < -0.4 is 5.32 Å². The van der Waals surface area contributed by atoms with E-state index in [4.69, 9.17) is 5.11 Å². The predicted octanol–water partition coefficient (Wildman–Crippen LogP) is 2.00. The Morgan fingerprint density at radius 1 is 1.37 bits per heavy atom. The molecule has 0 aliphatic rings. The lowest BCUT2D eigenvalue weighted by Crippen LogP contribution is -2.34. The summed E-state index contributed by atoms with van der Waals surface area (Å²) in [6, 6.07) is 7.66. The smallest absolute Gasteiger partial charge is 0.265 e. The molecule has 1 rings (SSSR count). The first-order valence-electron chi connectivity index (χ1n) is 6.04. The molecule has 0 aromatic heterocycles. The van der Waals surface area contributed by atoms with Crippen LogP contribution >= 0.6 is 0 Å². The van der Waals surface area contributed by atoms with Gasteiger partial charge in [-0.25, -0.2) is 8.78 Å². The molecule has 1 atom stereocenters. The van der Waals surface area contributed by atoms with E-state index in [9.17, 15) is 13.6 Å². The average Bonchev–Trinajstić information content (AvgIpc) is 2.42. The third-order valence-corrected chi connectivity index (χ3v) is 2.59. The summed E-state index contributed by atoms with van der Waals surface area (Å²) in [5, 5.41) is 11.0. The second-order valence-electron chi connectivity index (χ2n) is 4.08. The molecule has 0 saturated carbocycles. The molecule has 0 aliphatic carbocycles. The number of aryl methyl sites for hydroxylation is 1. The van der Waals surface area contributed by atoms with Gasteiger partial charge < -0.3 is 10.4 Å². The Bertz CT molecular complexity index is 430. The fourth-order valence-corrected chi connectivity index (χ4v) is 1.39. The summed E-state index contributed by atoms with van der Waals surface area (Å²) in [6.07, 6.45) is -0.911. The molecule has 1 aromatic rings. The highest BCUT2D eigenvalue weighted by molar-refractivity contribution is 5.91. The second-order valence-corrected chi connectivity index (χ2v) is 4.08. The van der Waals surface area contributed by atoms with E-state index in [1.54, 1.807) is 6.08 Å². The molecule has 1 amide bonds. The molecule has 104 valence electrons. The number of aliphatic hydroxyl groups excluding tert-OH is 1. The first-order valence-corrected chi connectivity index (χ1v) is 6.04. The van der Waals surface area contributed by atoms with Crippen LogP contribution in [-0.2, 0) is 11.2 Å². The standard InChI is InChI=1S/C14H17F2NO2/c1-2-10-3-5-11(6-4-10)7-8-13(19)17-9-12(18)14(15)16/h3-8,12,14,18H,2,9H2,1H3,(H,17,19)/b8-7+. The fourth-order valence-electron chi connectivity index (χ4n) is 1.39. The molecule has 19 heavy (non-hydrogen) atoms. The Labute approximate surface area is 110 Å². The van der Waals surface area contributed by atoms with Gasteiger partial charge in [0, 0.05) is 12.6 Å². The maximum Gasteiger partial charge on any atom is 0.265 e. The van der Waals surface area contributed by atoms with E-state index < -0.39 is 25.0 Å². The molecule has 0 spiro atoms. The van der Waals surface area contributed by atoms with Crippen molar-refractivity contribution in [3.05, 3.63) is 41.5 Å². The molecule has 1 aromatic carbocycles. The Kier molecular flexibility index (Phi) is 6.15. The van der Waals surface area contributed by atoms with Crippen molar-refractivity contribution in [1.29, 1.82) is 0 Å². The van der Waals surface area contributed by atoms with Crippen LogP contribution in [0.3, 0.4) is 0 Å². The molecular weight excluding hydrogens is 252 g/mol. The number of carbonyl (C=O) groups excluding carboxylic acids is 1.